The second-order valence-electron chi connectivity index (χ2n) is 3.90. The van der Waals surface area contributed by atoms with Crippen LogP contribution in [-0.2, 0) is 6.42 Å². The fourth-order valence-electron chi connectivity index (χ4n) is 1.48. The fourth-order valence-corrected chi connectivity index (χ4v) is 1.48. The van der Waals surface area contributed by atoms with E-state index in [0.29, 0.717) is 37.0 Å². The molecule has 0 saturated carbocycles. The van der Waals surface area contributed by atoms with Crippen molar-refractivity contribution in [3.63, 3.8) is 0 Å². The molecule has 0 radical (unpaired) electrons. The van der Waals surface area contributed by atoms with Crippen LogP contribution in [0.25, 0.3) is 0 Å². The molecule has 0 aliphatic rings. The predicted molar refractivity (Wildman–Crippen MR) is 70.8 cm³/mol. The zero-order valence-corrected chi connectivity index (χ0v) is 10.8. The van der Waals surface area contributed by atoms with Gasteiger partial charge in [0.05, 0.1) is 6.61 Å². The van der Waals surface area contributed by atoms with E-state index in [1.807, 2.05) is 6.92 Å². The third-order valence-corrected chi connectivity index (χ3v) is 2.41. The van der Waals surface area contributed by atoms with Crippen LogP contribution in [0.15, 0.2) is 12.7 Å². The standard InChI is InChI=1S/C11H17N7O/c1-2-5-19-11-9(12)10(15-6-16-11)13-4-3-8-14-7-17-18-8/h6-7H,2-5,12H2,1H3,(H,13,15,16)(H,14,17,18). The van der Waals surface area contributed by atoms with Gasteiger partial charge in [-0.1, -0.05) is 6.92 Å². The summed E-state index contributed by atoms with van der Waals surface area (Å²) in [4.78, 5) is 12.1. The number of rotatable bonds is 7. The van der Waals surface area contributed by atoms with Gasteiger partial charge in [-0.25, -0.2) is 9.97 Å². The van der Waals surface area contributed by atoms with Gasteiger partial charge in [-0.05, 0) is 6.42 Å². The molecular weight excluding hydrogens is 246 g/mol. The van der Waals surface area contributed by atoms with Gasteiger partial charge in [0.15, 0.2) is 5.82 Å². The van der Waals surface area contributed by atoms with E-state index in [2.05, 4.69) is 30.5 Å². The largest absolute Gasteiger partial charge is 0.476 e. The Morgan fingerprint density at radius 2 is 2.21 bits per heavy atom. The van der Waals surface area contributed by atoms with Crippen LogP contribution in [-0.4, -0.2) is 38.3 Å². The molecular formula is C11H17N7O. The van der Waals surface area contributed by atoms with E-state index < -0.39 is 0 Å². The van der Waals surface area contributed by atoms with Gasteiger partial charge in [0.25, 0.3) is 0 Å². The third-order valence-electron chi connectivity index (χ3n) is 2.41. The van der Waals surface area contributed by atoms with Gasteiger partial charge in [0, 0.05) is 13.0 Å². The molecule has 0 aliphatic heterocycles. The minimum atomic E-state index is 0.416. The van der Waals surface area contributed by atoms with Gasteiger partial charge in [-0.3, -0.25) is 5.10 Å². The number of hydrogen-bond acceptors (Lipinski definition) is 7. The number of nitrogens with zero attached hydrogens (tertiary/aromatic N) is 4. The maximum atomic E-state index is 5.94. The molecule has 0 bridgehead atoms. The molecule has 2 rings (SSSR count). The highest BCUT2D eigenvalue weighted by molar-refractivity contribution is 5.66. The number of aromatic amines is 1. The number of hydrogen-bond donors (Lipinski definition) is 3. The first-order valence-corrected chi connectivity index (χ1v) is 6.12. The predicted octanol–water partition coefficient (Wildman–Crippen LogP) is 0.620. The molecule has 102 valence electrons. The first-order chi connectivity index (χ1) is 9.31. The summed E-state index contributed by atoms with van der Waals surface area (Å²) in [6, 6.07) is 0. The molecule has 2 heterocycles. The maximum Gasteiger partial charge on any atom is 0.242 e. The van der Waals surface area contributed by atoms with Crippen molar-refractivity contribution in [1.29, 1.82) is 0 Å². The average molecular weight is 263 g/mol. The molecule has 2 aromatic rings. The molecule has 0 aromatic carbocycles. The van der Waals surface area contributed by atoms with Crippen molar-refractivity contribution >= 4 is 11.5 Å². The van der Waals surface area contributed by atoms with E-state index in [0.717, 1.165) is 12.2 Å². The summed E-state index contributed by atoms with van der Waals surface area (Å²) >= 11 is 0. The highest BCUT2D eigenvalue weighted by Crippen LogP contribution is 2.24. The lowest BCUT2D eigenvalue weighted by Crippen LogP contribution is -2.11. The number of nitrogens with one attached hydrogen (secondary N) is 2. The van der Waals surface area contributed by atoms with Crippen molar-refractivity contribution in [2.75, 3.05) is 24.2 Å². The Morgan fingerprint density at radius 3 is 2.95 bits per heavy atom. The van der Waals surface area contributed by atoms with Gasteiger partial charge in [-0.2, -0.15) is 10.1 Å². The molecule has 0 amide bonds. The van der Waals surface area contributed by atoms with Crippen molar-refractivity contribution in [2.24, 2.45) is 0 Å². The Labute approximate surface area is 110 Å². The Balaban J connectivity index is 1.92. The molecule has 8 heteroatoms. The normalized spacial score (nSPS) is 10.4. The number of nitrogens with two attached hydrogens (primary N) is 1. The van der Waals surface area contributed by atoms with Crippen molar-refractivity contribution < 1.29 is 4.74 Å². The molecule has 0 spiro atoms. The number of ether oxygens (including phenoxy) is 1. The van der Waals surface area contributed by atoms with E-state index >= 15 is 0 Å². The number of nitrogen functional groups attached to an aromatic ring is 1. The van der Waals surface area contributed by atoms with E-state index in [4.69, 9.17) is 10.5 Å². The Kier molecular flexibility index (Phi) is 4.49. The fraction of sp³-hybridized carbons (Fsp3) is 0.455. The molecule has 4 N–H and O–H groups in total. The van der Waals surface area contributed by atoms with E-state index in [-0.39, 0.29) is 0 Å². The summed E-state index contributed by atoms with van der Waals surface area (Å²) < 4.78 is 5.43. The van der Waals surface area contributed by atoms with Crippen LogP contribution in [0.1, 0.15) is 19.2 Å². The topological polar surface area (TPSA) is 115 Å². The molecule has 0 atom stereocenters. The summed E-state index contributed by atoms with van der Waals surface area (Å²) in [6.07, 6.45) is 4.51. The van der Waals surface area contributed by atoms with Crippen LogP contribution in [0.4, 0.5) is 11.5 Å². The molecule has 0 saturated heterocycles. The van der Waals surface area contributed by atoms with Crippen LogP contribution in [0.2, 0.25) is 0 Å². The van der Waals surface area contributed by atoms with Crippen LogP contribution < -0.4 is 15.8 Å². The minimum Gasteiger partial charge on any atom is -0.476 e. The van der Waals surface area contributed by atoms with E-state index in [9.17, 15) is 0 Å². The maximum absolute atomic E-state index is 5.94. The quantitative estimate of drug-likeness (QED) is 0.670. The minimum absolute atomic E-state index is 0.416. The van der Waals surface area contributed by atoms with Gasteiger partial charge < -0.3 is 15.8 Å². The van der Waals surface area contributed by atoms with Crippen molar-refractivity contribution in [2.45, 2.75) is 19.8 Å². The first kappa shape index (κ1) is 13.1. The summed E-state index contributed by atoms with van der Waals surface area (Å²) in [6.45, 7) is 3.25. The second-order valence-corrected chi connectivity index (χ2v) is 3.90. The lowest BCUT2D eigenvalue weighted by atomic mass is 10.4. The molecule has 0 aliphatic carbocycles. The Morgan fingerprint density at radius 1 is 1.32 bits per heavy atom. The zero-order chi connectivity index (χ0) is 13.5. The molecule has 0 fully saturated rings. The summed E-state index contributed by atoms with van der Waals surface area (Å²) in [5, 5.41) is 9.69. The SMILES string of the molecule is CCCOc1ncnc(NCCc2ncn[nH]2)c1N. The summed E-state index contributed by atoms with van der Waals surface area (Å²) in [5.41, 5.74) is 6.36. The number of H-pyrrole nitrogens is 1. The van der Waals surface area contributed by atoms with Crippen molar-refractivity contribution in [3.8, 4) is 5.88 Å². The zero-order valence-electron chi connectivity index (χ0n) is 10.8. The number of aromatic nitrogens is 5. The van der Waals surface area contributed by atoms with Crippen molar-refractivity contribution in [1.82, 2.24) is 25.1 Å². The summed E-state index contributed by atoms with van der Waals surface area (Å²) in [5.74, 6) is 1.79. The highest BCUT2D eigenvalue weighted by atomic mass is 16.5. The van der Waals surface area contributed by atoms with Crippen LogP contribution in [0, 0.1) is 0 Å². The first-order valence-electron chi connectivity index (χ1n) is 6.12. The van der Waals surface area contributed by atoms with E-state index in [1.165, 1.54) is 12.7 Å². The monoisotopic (exact) mass is 263 g/mol. The average Bonchev–Trinajstić information content (AvgIpc) is 2.92. The van der Waals surface area contributed by atoms with E-state index in [1.54, 1.807) is 0 Å². The Hall–Kier alpha value is -2.38. The Bertz CT molecular complexity index is 500. The van der Waals surface area contributed by atoms with Gasteiger partial charge in [0.2, 0.25) is 5.88 Å². The lowest BCUT2D eigenvalue weighted by Gasteiger charge is -2.10. The van der Waals surface area contributed by atoms with Crippen LogP contribution >= 0.6 is 0 Å². The van der Waals surface area contributed by atoms with Gasteiger partial charge >= 0.3 is 0 Å². The van der Waals surface area contributed by atoms with Crippen LogP contribution in [0.3, 0.4) is 0 Å². The van der Waals surface area contributed by atoms with Gasteiger partial charge in [0.1, 0.15) is 24.2 Å². The third kappa shape index (κ3) is 3.54. The molecule has 8 nitrogen and oxygen atoms in total. The number of anilines is 2. The molecule has 0 unspecified atom stereocenters. The highest BCUT2D eigenvalue weighted by Gasteiger charge is 2.08. The lowest BCUT2D eigenvalue weighted by molar-refractivity contribution is 0.306. The summed E-state index contributed by atoms with van der Waals surface area (Å²) in [7, 11) is 0. The van der Waals surface area contributed by atoms with Crippen LogP contribution in [0.5, 0.6) is 5.88 Å². The second kappa shape index (κ2) is 6.53. The smallest absolute Gasteiger partial charge is 0.242 e. The molecule has 19 heavy (non-hydrogen) atoms. The molecule has 2 aromatic heterocycles. The van der Waals surface area contributed by atoms with Crippen molar-refractivity contribution in [3.05, 3.63) is 18.5 Å². The van der Waals surface area contributed by atoms with Gasteiger partial charge in [-0.15, -0.1) is 0 Å².